The van der Waals surface area contributed by atoms with Crippen LogP contribution in [0.2, 0.25) is 0 Å². The molecule has 2 heterocycles. The second-order valence-electron chi connectivity index (χ2n) is 3.76. The summed E-state index contributed by atoms with van der Waals surface area (Å²) in [4.78, 5) is 15.7. The van der Waals surface area contributed by atoms with Gasteiger partial charge >= 0.3 is 0 Å². The molecule has 0 saturated carbocycles. The van der Waals surface area contributed by atoms with Gasteiger partial charge in [0.15, 0.2) is 5.82 Å². The number of nitrogens with one attached hydrogen (secondary N) is 1. The van der Waals surface area contributed by atoms with E-state index in [1.165, 1.54) is 0 Å². The molecule has 2 rings (SSSR count). The fourth-order valence-corrected chi connectivity index (χ4v) is 1.55. The zero-order valence-electron chi connectivity index (χ0n) is 8.97. The van der Waals surface area contributed by atoms with Crippen LogP contribution in [0.25, 0.3) is 0 Å². The monoisotopic (exact) mass is 226 g/mol. The Hall–Kier alpha value is -1.47. The first-order valence-corrected chi connectivity index (χ1v) is 5.07. The number of carbonyl (C=O) groups excluding carboxylic acids is 1. The molecule has 1 aromatic rings. The highest BCUT2D eigenvalue weighted by Crippen LogP contribution is 2.11. The number of nitrogens with two attached hydrogens (primary N) is 1. The van der Waals surface area contributed by atoms with Crippen molar-refractivity contribution in [2.75, 3.05) is 13.2 Å². The predicted octanol–water partition coefficient (Wildman–Crippen LogP) is -1.03. The van der Waals surface area contributed by atoms with Crippen LogP contribution in [0.4, 0.5) is 0 Å². The van der Waals surface area contributed by atoms with Crippen LogP contribution in [0.3, 0.4) is 0 Å². The van der Waals surface area contributed by atoms with Crippen LogP contribution >= 0.6 is 0 Å². The number of nitrogens with zero attached hydrogens (tertiary/aromatic N) is 2. The van der Waals surface area contributed by atoms with Crippen molar-refractivity contribution < 1.29 is 14.1 Å². The molecular weight excluding hydrogens is 212 g/mol. The molecule has 0 bridgehead atoms. The molecule has 3 N–H and O–H groups in total. The van der Waals surface area contributed by atoms with Gasteiger partial charge in [-0.1, -0.05) is 5.16 Å². The first kappa shape index (κ1) is 11.0. The summed E-state index contributed by atoms with van der Waals surface area (Å²) in [7, 11) is 0. The van der Waals surface area contributed by atoms with E-state index in [0.717, 1.165) is 0 Å². The van der Waals surface area contributed by atoms with Crippen molar-refractivity contribution in [3.63, 3.8) is 0 Å². The third-order valence-electron chi connectivity index (χ3n) is 2.45. The number of aromatic nitrogens is 2. The number of aryl methyl sites for hydroxylation is 1. The topological polar surface area (TPSA) is 103 Å². The van der Waals surface area contributed by atoms with Crippen molar-refractivity contribution in [1.29, 1.82) is 0 Å². The SMILES string of the molecule is Cc1nc(CNC(=O)C2COCC2N)no1. The van der Waals surface area contributed by atoms with Gasteiger partial charge in [0.25, 0.3) is 0 Å². The van der Waals surface area contributed by atoms with Crippen molar-refractivity contribution in [1.82, 2.24) is 15.5 Å². The lowest BCUT2D eigenvalue weighted by atomic mass is 10.0. The molecule has 7 nitrogen and oxygen atoms in total. The van der Waals surface area contributed by atoms with Crippen LogP contribution in [0.5, 0.6) is 0 Å². The quantitative estimate of drug-likeness (QED) is 0.683. The standard InChI is InChI=1S/C9H14N4O3/c1-5-12-8(13-16-5)2-11-9(14)6-3-15-4-7(6)10/h6-7H,2-4,10H2,1H3,(H,11,14). The van der Waals surface area contributed by atoms with Crippen molar-refractivity contribution in [2.24, 2.45) is 11.7 Å². The first-order chi connectivity index (χ1) is 7.66. The van der Waals surface area contributed by atoms with Gasteiger partial charge in [0.05, 0.1) is 25.7 Å². The number of amides is 1. The molecule has 0 aromatic carbocycles. The smallest absolute Gasteiger partial charge is 0.227 e. The summed E-state index contributed by atoms with van der Waals surface area (Å²) in [5.41, 5.74) is 5.72. The summed E-state index contributed by atoms with van der Waals surface area (Å²) < 4.78 is 9.89. The van der Waals surface area contributed by atoms with E-state index in [2.05, 4.69) is 15.5 Å². The molecule has 0 aliphatic carbocycles. The second-order valence-corrected chi connectivity index (χ2v) is 3.76. The van der Waals surface area contributed by atoms with Crippen LogP contribution in [-0.2, 0) is 16.1 Å². The minimum absolute atomic E-state index is 0.132. The average Bonchev–Trinajstić information content (AvgIpc) is 2.84. The minimum atomic E-state index is -0.284. The Morgan fingerprint density at radius 2 is 2.44 bits per heavy atom. The summed E-state index contributed by atoms with van der Waals surface area (Å²) >= 11 is 0. The van der Waals surface area contributed by atoms with Gasteiger partial charge in [-0.3, -0.25) is 4.79 Å². The van der Waals surface area contributed by atoms with Gasteiger partial charge in [0, 0.05) is 13.0 Å². The van der Waals surface area contributed by atoms with Gasteiger partial charge in [-0.15, -0.1) is 0 Å². The van der Waals surface area contributed by atoms with Crippen molar-refractivity contribution in [2.45, 2.75) is 19.5 Å². The average molecular weight is 226 g/mol. The van der Waals surface area contributed by atoms with Gasteiger partial charge in [-0.25, -0.2) is 0 Å². The number of hydrogen-bond acceptors (Lipinski definition) is 6. The molecule has 1 fully saturated rings. The van der Waals surface area contributed by atoms with E-state index in [-0.39, 0.29) is 24.4 Å². The minimum Gasteiger partial charge on any atom is -0.379 e. The molecule has 0 radical (unpaired) electrons. The molecule has 1 aliphatic heterocycles. The van der Waals surface area contributed by atoms with Crippen LogP contribution in [-0.4, -0.2) is 35.3 Å². The van der Waals surface area contributed by atoms with Crippen molar-refractivity contribution >= 4 is 5.91 Å². The lowest BCUT2D eigenvalue weighted by Gasteiger charge is -2.11. The Kier molecular flexibility index (Phi) is 3.16. The molecule has 2 atom stereocenters. The fourth-order valence-electron chi connectivity index (χ4n) is 1.55. The zero-order valence-corrected chi connectivity index (χ0v) is 8.97. The van der Waals surface area contributed by atoms with Gasteiger partial charge in [-0.05, 0) is 0 Å². The Bertz CT molecular complexity index is 379. The number of carbonyl (C=O) groups is 1. The normalized spacial score (nSPS) is 24.6. The highest BCUT2D eigenvalue weighted by Gasteiger charge is 2.31. The van der Waals surface area contributed by atoms with Gasteiger partial charge in [-0.2, -0.15) is 4.98 Å². The zero-order chi connectivity index (χ0) is 11.5. The van der Waals surface area contributed by atoms with Crippen LogP contribution in [0, 0.1) is 12.8 Å². The van der Waals surface area contributed by atoms with E-state index in [1.807, 2.05) is 0 Å². The maximum atomic E-state index is 11.7. The van der Waals surface area contributed by atoms with Crippen LogP contribution < -0.4 is 11.1 Å². The lowest BCUT2D eigenvalue weighted by Crippen LogP contribution is -2.40. The molecule has 2 unspecified atom stereocenters. The van der Waals surface area contributed by atoms with E-state index in [1.54, 1.807) is 6.92 Å². The second kappa shape index (κ2) is 4.58. The molecule has 1 aliphatic rings. The van der Waals surface area contributed by atoms with Crippen molar-refractivity contribution in [3.05, 3.63) is 11.7 Å². The highest BCUT2D eigenvalue weighted by atomic mass is 16.5. The maximum absolute atomic E-state index is 11.7. The fraction of sp³-hybridized carbons (Fsp3) is 0.667. The highest BCUT2D eigenvalue weighted by molar-refractivity contribution is 5.79. The molecule has 1 amide bonds. The van der Waals surface area contributed by atoms with E-state index in [4.69, 9.17) is 15.0 Å². The third kappa shape index (κ3) is 2.37. The third-order valence-corrected chi connectivity index (χ3v) is 2.45. The summed E-state index contributed by atoms with van der Waals surface area (Å²) in [6.45, 7) is 2.75. The maximum Gasteiger partial charge on any atom is 0.227 e. The van der Waals surface area contributed by atoms with E-state index in [9.17, 15) is 4.79 Å². The van der Waals surface area contributed by atoms with E-state index < -0.39 is 0 Å². The largest absolute Gasteiger partial charge is 0.379 e. The summed E-state index contributed by atoms with van der Waals surface area (Å²) in [5, 5.41) is 6.37. The summed E-state index contributed by atoms with van der Waals surface area (Å²) in [5.74, 6) is 0.518. The molecule has 0 spiro atoms. The Morgan fingerprint density at radius 3 is 3.00 bits per heavy atom. The van der Waals surface area contributed by atoms with Gasteiger partial charge in [0.2, 0.25) is 11.8 Å². The van der Waals surface area contributed by atoms with Gasteiger partial charge < -0.3 is 20.3 Å². The van der Waals surface area contributed by atoms with Crippen LogP contribution in [0.1, 0.15) is 11.7 Å². The molecule has 1 saturated heterocycles. The van der Waals surface area contributed by atoms with Crippen molar-refractivity contribution in [3.8, 4) is 0 Å². The Balaban J connectivity index is 1.83. The summed E-state index contributed by atoms with van der Waals surface area (Å²) in [6.07, 6.45) is 0. The number of hydrogen-bond donors (Lipinski definition) is 2. The van der Waals surface area contributed by atoms with Crippen LogP contribution in [0.15, 0.2) is 4.52 Å². The Labute approximate surface area is 92.3 Å². The molecule has 7 heteroatoms. The molecular formula is C9H14N4O3. The number of ether oxygens (including phenoxy) is 1. The number of rotatable bonds is 3. The molecule has 88 valence electrons. The van der Waals surface area contributed by atoms with Gasteiger partial charge in [0.1, 0.15) is 0 Å². The first-order valence-electron chi connectivity index (χ1n) is 5.07. The summed E-state index contributed by atoms with van der Waals surface area (Å²) in [6, 6.07) is -0.230. The van der Waals surface area contributed by atoms with E-state index >= 15 is 0 Å². The molecule has 1 aromatic heterocycles. The Morgan fingerprint density at radius 1 is 1.62 bits per heavy atom. The lowest BCUT2D eigenvalue weighted by molar-refractivity contribution is -0.125. The van der Waals surface area contributed by atoms with E-state index in [0.29, 0.717) is 24.9 Å². The molecule has 16 heavy (non-hydrogen) atoms. The predicted molar refractivity (Wildman–Crippen MR) is 53.2 cm³/mol.